The van der Waals surface area contributed by atoms with E-state index in [1.54, 1.807) is 0 Å². The van der Waals surface area contributed by atoms with Crippen molar-refractivity contribution < 1.29 is 0 Å². The van der Waals surface area contributed by atoms with Crippen LogP contribution in [0, 0.1) is 11.3 Å². The van der Waals surface area contributed by atoms with Gasteiger partial charge in [-0.25, -0.2) is 0 Å². The van der Waals surface area contributed by atoms with Crippen LogP contribution in [0.1, 0.15) is 52.4 Å². The van der Waals surface area contributed by atoms with E-state index in [1.165, 1.54) is 25.0 Å². The Kier molecular flexibility index (Phi) is 8.94. The number of hydrogen-bond acceptors (Lipinski definition) is 3. The van der Waals surface area contributed by atoms with Crippen LogP contribution < -0.4 is 5.73 Å². The highest BCUT2D eigenvalue weighted by Crippen LogP contribution is 2.16. The van der Waals surface area contributed by atoms with E-state index in [0.717, 1.165) is 25.0 Å². The van der Waals surface area contributed by atoms with E-state index in [1.807, 2.05) is 18.7 Å². The molecule has 0 aliphatic rings. The molecule has 0 aromatic rings. The summed E-state index contributed by atoms with van der Waals surface area (Å²) < 4.78 is 0. The first kappa shape index (κ1) is 14.8. The molecule has 0 saturated heterocycles. The van der Waals surface area contributed by atoms with Crippen LogP contribution in [-0.2, 0) is 0 Å². The van der Waals surface area contributed by atoms with Gasteiger partial charge >= 0.3 is 0 Å². The van der Waals surface area contributed by atoms with E-state index >= 15 is 0 Å². The minimum Gasteiger partial charge on any atom is -0.313 e. The van der Waals surface area contributed by atoms with Crippen LogP contribution >= 0.6 is 11.8 Å². The summed E-state index contributed by atoms with van der Waals surface area (Å²) in [4.78, 5) is 0. The highest BCUT2D eigenvalue weighted by Gasteiger charge is 2.20. The molecule has 0 spiro atoms. The largest absolute Gasteiger partial charge is 0.313 e. The summed E-state index contributed by atoms with van der Waals surface area (Å²) in [5, 5.41) is 8.88. The molecule has 0 amide bonds. The van der Waals surface area contributed by atoms with Crippen molar-refractivity contribution in [2.45, 2.75) is 57.9 Å². The highest BCUT2D eigenvalue weighted by molar-refractivity contribution is 7.99. The van der Waals surface area contributed by atoms with Crippen LogP contribution in [0.25, 0.3) is 0 Å². The Balaban J connectivity index is 3.35. The summed E-state index contributed by atoms with van der Waals surface area (Å²) in [7, 11) is 0. The van der Waals surface area contributed by atoms with Crippen molar-refractivity contribution in [1.82, 2.24) is 0 Å². The normalized spacial score (nSPS) is 14.5. The fourth-order valence-electron chi connectivity index (χ4n) is 1.36. The molecule has 88 valence electrons. The van der Waals surface area contributed by atoms with Gasteiger partial charge in [0.2, 0.25) is 0 Å². The van der Waals surface area contributed by atoms with Crippen LogP contribution in [0.2, 0.25) is 0 Å². The maximum Gasteiger partial charge on any atom is 0.104 e. The molecule has 0 fully saturated rings. The molecule has 0 heterocycles. The van der Waals surface area contributed by atoms with E-state index in [-0.39, 0.29) is 0 Å². The quantitative estimate of drug-likeness (QED) is 0.616. The SMILES string of the molecule is CCCCCSCCCC(N)(C#N)CC. The Morgan fingerprint density at radius 3 is 2.40 bits per heavy atom. The fraction of sp³-hybridized carbons (Fsp3) is 0.917. The predicted molar refractivity (Wildman–Crippen MR) is 68.9 cm³/mol. The molecule has 0 bridgehead atoms. The fourth-order valence-corrected chi connectivity index (χ4v) is 2.32. The van der Waals surface area contributed by atoms with Crippen molar-refractivity contribution in [2.75, 3.05) is 11.5 Å². The number of hydrogen-bond donors (Lipinski definition) is 1. The summed E-state index contributed by atoms with van der Waals surface area (Å²) in [6.07, 6.45) is 6.60. The van der Waals surface area contributed by atoms with Gasteiger partial charge in [-0.1, -0.05) is 26.7 Å². The summed E-state index contributed by atoms with van der Waals surface area (Å²) in [5.74, 6) is 2.40. The zero-order valence-electron chi connectivity index (χ0n) is 10.1. The van der Waals surface area contributed by atoms with E-state index in [9.17, 15) is 0 Å². The van der Waals surface area contributed by atoms with Crippen LogP contribution in [0.15, 0.2) is 0 Å². The molecule has 2 N–H and O–H groups in total. The predicted octanol–water partition coefficient (Wildman–Crippen LogP) is 3.32. The summed E-state index contributed by atoms with van der Waals surface area (Å²) in [5.41, 5.74) is 5.31. The number of unbranched alkanes of at least 4 members (excludes halogenated alkanes) is 2. The van der Waals surface area contributed by atoms with Crippen molar-refractivity contribution in [1.29, 1.82) is 5.26 Å². The van der Waals surface area contributed by atoms with Crippen molar-refractivity contribution in [3.63, 3.8) is 0 Å². The standard InChI is InChI=1S/C12H24N2S/c1-3-5-6-9-15-10-7-8-12(14,4-2)11-13/h3-10,14H2,1-2H3. The average Bonchev–Trinajstić information content (AvgIpc) is 2.27. The van der Waals surface area contributed by atoms with E-state index in [2.05, 4.69) is 13.0 Å². The molecular formula is C12H24N2S. The van der Waals surface area contributed by atoms with Gasteiger partial charge in [0, 0.05) is 0 Å². The Labute approximate surface area is 98.6 Å². The number of nitrogens with zero attached hydrogens (tertiary/aromatic N) is 1. The lowest BCUT2D eigenvalue weighted by atomic mass is 9.94. The molecule has 0 saturated carbocycles. The minimum absolute atomic E-state index is 0.579. The van der Waals surface area contributed by atoms with E-state index < -0.39 is 5.54 Å². The van der Waals surface area contributed by atoms with E-state index in [4.69, 9.17) is 11.0 Å². The molecule has 1 atom stereocenters. The Hall–Kier alpha value is -0.200. The molecule has 0 aliphatic carbocycles. The molecule has 3 heteroatoms. The third-order valence-electron chi connectivity index (χ3n) is 2.66. The van der Waals surface area contributed by atoms with Gasteiger partial charge in [-0.3, -0.25) is 0 Å². The van der Waals surface area contributed by atoms with Gasteiger partial charge in [-0.15, -0.1) is 0 Å². The van der Waals surface area contributed by atoms with Crippen LogP contribution in [0.4, 0.5) is 0 Å². The maximum absolute atomic E-state index is 8.88. The average molecular weight is 228 g/mol. The third-order valence-corrected chi connectivity index (χ3v) is 3.81. The molecule has 2 nitrogen and oxygen atoms in total. The van der Waals surface area contributed by atoms with Crippen molar-refractivity contribution in [2.24, 2.45) is 5.73 Å². The Morgan fingerprint density at radius 2 is 1.87 bits per heavy atom. The summed E-state index contributed by atoms with van der Waals surface area (Å²) in [6, 6.07) is 2.21. The highest BCUT2D eigenvalue weighted by atomic mass is 32.2. The monoisotopic (exact) mass is 228 g/mol. The van der Waals surface area contributed by atoms with Crippen LogP contribution in [-0.4, -0.2) is 17.0 Å². The van der Waals surface area contributed by atoms with Gasteiger partial charge in [0.25, 0.3) is 0 Å². The first-order valence-corrected chi connectivity index (χ1v) is 7.12. The van der Waals surface area contributed by atoms with Gasteiger partial charge in [0.05, 0.1) is 6.07 Å². The summed E-state index contributed by atoms with van der Waals surface area (Å²) in [6.45, 7) is 4.21. The van der Waals surface area contributed by atoms with Gasteiger partial charge in [0.15, 0.2) is 0 Å². The molecule has 0 aromatic carbocycles. The van der Waals surface area contributed by atoms with Crippen molar-refractivity contribution >= 4 is 11.8 Å². The molecule has 0 rings (SSSR count). The second-order valence-corrected chi connectivity index (χ2v) is 5.27. The van der Waals surface area contributed by atoms with Crippen molar-refractivity contribution in [3.05, 3.63) is 0 Å². The number of nitriles is 1. The smallest absolute Gasteiger partial charge is 0.104 e. The van der Waals surface area contributed by atoms with Gasteiger partial charge in [-0.05, 0) is 37.2 Å². The molecule has 0 aromatic heterocycles. The number of thioether (sulfide) groups is 1. The molecule has 0 aliphatic heterocycles. The van der Waals surface area contributed by atoms with Gasteiger partial charge in [0.1, 0.15) is 5.54 Å². The number of nitrogens with two attached hydrogens (primary N) is 1. The molecule has 0 radical (unpaired) electrons. The lowest BCUT2D eigenvalue weighted by Gasteiger charge is -2.18. The topological polar surface area (TPSA) is 49.8 Å². The zero-order valence-corrected chi connectivity index (χ0v) is 10.9. The van der Waals surface area contributed by atoms with E-state index in [0.29, 0.717) is 0 Å². The number of rotatable bonds is 9. The zero-order chi connectivity index (χ0) is 11.6. The second-order valence-electron chi connectivity index (χ2n) is 4.04. The van der Waals surface area contributed by atoms with Crippen molar-refractivity contribution in [3.8, 4) is 6.07 Å². The van der Waals surface area contributed by atoms with Crippen LogP contribution in [0.3, 0.4) is 0 Å². The van der Waals surface area contributed by atoms with Gasteiger partial charge < -0.3 is 5.73 Å². The second kappa shape index (κ2) is 9.06. The lowest BCUT2D eigenvalue weighted by molar-refractivity contribution is 0.478. The molecular weight excluding hydrogens is 204 g/mol. The maximum atomic E-state index is 8.88. The Morgan fingerprint density at radius 1 is 1.20 bits per heavy atom. The molecule has 15 heavy (non-hydrogen) atoms. The lowest BCUT2D eigenvalue weighted by Crippen LogP contribution is -2.37. The Bertz CT molecular complexity index is 189. The van der Waals surface area contributed by atoms with Gasteiger partial charge in [-0.2, -0.15) is 17.0 Å². The first-order chi connectivity index (χ1) is 7.18. The third kappa shape index (κ3) is 7.70. The minimum atomic E-state index is -0.579. The first-order valence-electron chi connectivity index (χ1n) is 5.96. The van der Waals surface area contributed by atoms with Crippen LogP contribution in [0.5, 0.6) is 0 Å². The molecule has 1 unspecified atom stereocenters. The summed E-state index contributed by atoms with van der Waals surface area (Å²) >= 11 is 1.99.